The van der Waals surface area contributed by atoms with Gasteiger partial charge in [0, 0.05) is 0 Å². The lowest BCUT2D eigenvalue weighted by Crippen LogP contribution is -1.95. The molecule has 52 valence electrons. The average molecular weight is 152 g/mol. The summed E-state index contributed by atoms with van der Waals surface area (Å²) in [6.45, 7) is 1.48. The van der Waals surface area contributed by atoms with E-state index in [0.717, 1.165) is 0 Å². The highest BCUT2D eigenvalue weighted by Crippen LogP contribution is 2.12. The Morgan fingerprint density at radius 1 is 1.44 bits per heavy atom. The van der Waals surface area contributed by atoms with Gasteiger partial charge >= 0.3 is 0 Å². The van der Waals surface area contributed by atoms with Crippen LogP contribution in [0.15, 0.2) is 10.7 Å². The largest absolute Gasteiger partial charge is 0.346 e. The van der Waals surface area contributed by atoms with Crippen molar-refractivity contribution in [2.45, 2.75) is 12.4 Å². The van der Waals surface area contributed by atoms with E-state index in [4.69, 9.17) is 0 Å². The molecule has 0 amide bonds. The van der Waals surface area contributed by atoms with E-state index in [9.17, 15) is 9.81 Å². The van der Waals surface area contributed by atoms with E-state index in [1.54, 1.807) is 0 Å². The number of hydrogen-bond donors (Lipinski definition) is 0. The van der Waals surface area contributed by atoms with Crippen molar-refractivity contribution in [1.82, 2.24) is 0 Å². The van der Waals surface area contributed by atoms with Crippen LogP contribution < -0.4 is 0 Å². The highest BCUT2D eigenvalue weighted by molar-refractivity contribution is 7.95. The zero-order chi connectivity index (χ0) is 7.11. The highest BCUT2D eigenvalue weighted by Gasteiger charge is 2.04. The average Bonchev–Trinajstić information content (AvgIpc) is 1.85. The predicted molar refractivity (Wildman–Crippen MR) is 30.8 cm³/mol. The number of hydrogen-bond acceptors (Lipinski definition) is 7. The third kappa shape index (κ3) is 5.01. The maximum atomic E-state index is 9.33. The van der Waals surface area contributed by atoms with Crippen molar-refractivity contribution in [2.75, 3.05) is 0 Å². The molecule has 1 atom stereocenters. The Labute approximate surface area is 55.0 Å². The second-order valence-corrected chi connectivity index (χ2v) is 2.00. The Morgan fingerprint density at radius 2 is 2.11 bits per heavy atom. The zero-order valence-corrected chi connectivity index (χ0v) is 5.33. The van der Waals surface area contributed by atoms with Gasteiger partial charge < -0.3 is 4.84 Å². The van der Waals surface area contributed by atoms with Crippen LogP contribution in [0.3, 0.4) is 0 Å². The van der Waals surface area contributed by atoms with Crippen LogP contribution in [-0.4, -0.2) is 5.44 Å². The van der Waals surface area contributed by atoms with Crippen molar-refractivity contribution < 1.29 is 9.12 Å². The molecule has 0 aliphatic heterocycles. The molecule has 0 rings (SSSR count). The fourth-order valence-corrected chi connectivity index (χ4v) is 0.383. The second kappa shape index (κ2) is 5.29. The molecule has 0 saturated carbocycles. The first-order chi connectivity index (χ1) is 4.31. The lowest BCUT2D eigenvalue weighted by molar-refractivity contribution is 0.122. The first kappa shape index (κ1) is 8.15. The van der Waals surface area contributed by atoms with Gasteiger partial charge in [-0.25, -0.2) is 0 Å². The number of rotatable bonds is 5. The van der Waals surface area contributed by atoms with Crippen LogP contribution in [0.1, 0.15) is 6.92 Å². The second-order valence-electron chi connectivity index (χ2n) is 0.993. The molecule has 7 heteroatoms. The van der Waals surface area contributed by atoms with Gasteiger partial charge in [-0.1, -0.05) is 0 Å². The molecule has 6 nitrogen and oxygen atoms in total. The molecule has 0 aliphatic carbocycles. The third-order valence-corrected chi connectivity index (χ3v) is 0.904. The van der Waals surface area contributed by atoms with E-state index in [1.807, 2.05) is 5.34 Å². The molecule has 0 aliphatic rings. The van der Waals surface area contributed by atoms with Crippen molar-refractivity contribution in [3.63, 3.8) is 0 Å². The molecule has 0 aromatic rings. The molecule has 0 heterocycles. The molecule has 0 bridgehead atoms. The molecule has 0 radical (unpaired) electrons. The molecule has 1 unspecified atom stereocenters. The Bertz CT molecular complexity index is 98.6. The Kier molecular flexibility index (Phi) is 4.79. The normalized spacial score (nSPS) is 11.7. The Balaban J connectivity index is 3.14. The first-order valence-electron chi connectivity index (χ1n) is 1.95. The van der Waals surface area contributed by atoms with Crippen LogP contribution in [0.2, 0.25) is 0 Å². The van der Waals surface area contributed by atoms with Crippen molar-refractivity contribution in [3.8, 4) is 0 Å². The summed E-state index contributed by atoms with van der Waals surface area (Å²) < 4.78 is 3.91. The summed E-state index contributed by atoms with van der Waals surface area (Å²) in [5, 5.41) is 4.14. The molecule has 0 aromatic heterocycles. The van der Waals surface area contributed by atoms with Gasteiger partial charge in [0.1, 0.15) is 12.0 Å². The predicted octanol–water partition coefficient (Wildman–Crippen LogP) is 1.38. The Hall–Kier alpha value is -0.850. The van der Waals surface area contributed by atoms with Crippen molar-refractivity contribution in [1.29, 1.82) is 0 Å². The van der Waals surface area contributed by atoms with Crippen LogP contribution in [0.25, 0.3) is 0 Å². The van der Waals surface area contributed by atoms with Gasteiger partial charge in [-0.3, -0.25) is 4.28 Å². The minimum atomic E-state index is -0.611. The SMILES string of the molecule is CC(ON=O)SON=O. The lowest BCUT2D eigenvalue weighted by atomic mass is 10.9. The van der Waals surface area contributed by atoms with E-state index >= 15 is 0 Å². The molecular formula is C2H4N2O4S. The molecule has 9 heavy (non-hydrogen) atoms. The minimum Gasteiger partial charge on any atom is -0.346 e. The van der Waals surface area contributed by atoms with Crippen LogP contribution in [-0.2, 0) is 9.12 Å². The molecular weight excluding hydrogens is 148 g/mol. The van der Waals surface area contributed by atoms with Crippen LogP contribution >= 0.6 is 12.0 Å². The van der Waals surface area contributed by atoms with Gasteiger partial charge in [-0.15, -0.1) is 9.81 Å². The van der Waals surface area contributed by atoms with Gasteiger partial charge in [0.2, 0.25) is 5.44 Å². The summed E-state index contributed by atoms with van der Waals surface area (Å²) in [6.07, 6.45) is 0. The highest BCUT2D eigenvalue weighted by atomic mass is 32.2. The molecule has 0 aromatic carbocycles. The first-order valence-corrected chi connectivity index (χ1v) is 2.75. The van der Waals surface area contributed by atoms with Gasteiger partial charge in [0.05, 0.1) is 0 Å². The molecule has 0 fully saturated rings. The number of nitrogens with zero attached hydrogens (tertiary/aromatic N) is 2. The van der Waals surface area contributed by atoms with Crippen LogP contribution in [0, 0.1) is 9.81 Å². The van der Waals surface area contributed by atoms with E-state index < -0.39 is 5.44 Å². The summed E-state index contributed by atoms with van der Waals surface area (Å²) in [7, 11) is 0. The standard InChI is InChI=1S/C2H4N2O4S/c1-2(7-3-5)9-8-4-6/h2H,1H3. The quantitative estimate of drug-likeness (QED) is 0.257. The maximum Gasteiger partial charge on any atom is 0.212 e. The Morgan fingerprint density at radius 3 is 2.56 bits per heavy atom. The van der Waals surface area contributed by atoms with E-state index in [0.29, 0.717) is 12.0 Å². The molecule has 0 saturated heterocycles. The van der Waals surface area contributed by atoms with Gasteiger partial charge in [0.25, 0.3) is 0 Å². The summed E-state index contributed by atoms with van der Waals surface area (Å²) in [4.78, 5) is 22.6. The maximum absolute atomic E-state index is 9.33. The summed E-state index contributed by atoms with van der Waals surface area (Å²) in [5.41, 5.74) is -0.611. The fourth-order valence-electron chi connectivity index (χ4n) is 0.156. The van der Waals surface area contributed by atoms with E-state index in [2.05, 4.69) is 14.5 Å². The van der Waals surface area contributed by atoms with Crippen molar-refractivity contribution in [2.24, 2.45) is 10.7 Å². The molecule has 0 spiro atoms. The summed E-state index contributed by atoms with van der Waals surface area (Å²) >= 11 is 0.606. The van der Waals surface area contributed by atoms with Gasteiger partial charge in [-0.05, 0) is 6.92 Å². The topological polar surface area (TPSA) is 77.3 Å². The van der Waals surface area contributed by atoms with Crippen LogP contribution in [0.5, 0.6) is 0 Å². The van der Waals surface area contributed by atoms with E-state index in [-0.39, 0.29) is 0 Å². The van der Waals surface area contributed by atoms with Crippen molar-refractivity contribution in [3.05, 3.63) is 9.81 Å². The lowest BCUT2D eigenvalue weighted by Gasteiger charge is -1.98. The zero-order valence-electron chi connectivity index (χ0n) is 4.51. The summed E-state index contributed by atoms with van der Waals surface area (Å²) in [6, 6.07) is 0. The van der Waals surface area contributed by atoms with E-state index in [1.165, 1.54) is 6.92 Å². The fraction of sp³-hybridized carbons (Fsp3) is 1.00. The van der Waals surface area contributed by atoms with Gasteiger partial charge in [0.15, 0.2) is 10.7 Å². The summed E-state index contributed by atoms with van der Waals surface area (Å²) in [5.74, 6) is 0. The monoisotopic (exact) mass is 152 g/mol. The van der Waals surface area contributed by atoms with Gasteiger partial charge in [-0.2, -0.15) is 0 Å². The minimum absolute atomic E-state index is 0.606. The molecule has 0 N–H and O–H groups in total. The van der Waals surface area contributed by atoms with Crippen LogP contribution in [0.4, 0.5) is 0 Å². The third-order valence-electron chi connectivity index (χ3n) is 0.400. The van der Waals surface area contributed by atoms with Crippen molar-refractivity contribution >= 4 is 12.0 Å². The smallest absolute Gasteiger partial charge is 0.212 e.